The third-order valence-electron chi connectivity index (χ3n) is 3.12. The van der Waals surface area contributed by atoms with Crippen molar-refractivity contribution in [1.82, 2.24) is 20.4 Å². The van der Waals surface area contributed by atoms with E-state index in [1.165, 1.54) is 12.1 Å². The molecule has 0 radical (unpaired) electrons. The molecule has 22 heavy (non-hydrogen) atoms. The van der Waals surface area contributed by atoms with Crippen molar-refractivity contribution < 1.29 is 14.3 Å². The Morgan fingerprint density at radius 3 is 2.86 bits per heavy atom. The van der Waals surface area contributed by atoms with Crippen LogP contribution in [0, 0.1) is 5.82 Å². The summed E-state index contributed by atoms with van der Waals surface area (Å²) in [6.07, 6.45) is 2.38. The molecule has 0 saturated heterocycles. The Morgan fingerprint density at radius 2 is 2.18 bits per heavy atom. The van der Waals surface area contributed by atoms with Crippen molar-refractivity contribution >= 4 is 6.03 Å². The van der Waals surface area contributed by atoms with E-state index in [1.807, 2.05) is 6.92 Å². The Hall–Kier alpha value is -2.41. The van der Waals surface area contributed by atoms with Crippen molar-refractivity contribution in [3.05, 3.63) is 54.1 Å². The number of carbonyl (C=O) groups is 1. The second kappa shape index (κ2) is 7.56. The molecule has 2 rings (SSSR count). The monoisotopic (exact) mass is 306 g/mol. The van der Waals surface area contributed by atoms with Crippen LogP contribution in [0.3, 0.4) is 0 Å². The highest BCUT2D eigenvalue weighted by atomic mass is 19.1. The smallest absolute Gasteiger partial charge is 0.315 e. The Morgan fingerprint density at radius 1 is 1.41 bits per heavy atom. The number of aromatic nitrogens is 2. The van der Waals surface area contributed by atoms with Gasteiger partial charge in [-0.1, -0.05) is 18.2 Å². The van der Waals surface area contributed by atoms with Gasteiger partial charge in [-0.3, -0.25) is 4.68 Å². The zero-order valence-corrected chi connectivity index (χ0v) is 12.2. The minimum absolute atomic E-state index is 0.0682. The summed E-state index contributed by atoms with van der Waals surface area (Å²) in [6, 6.07) is 7.18. The lowest BCUT2D eigenvalue weighted by molar-refractivity contribution is 0.168. The van der Waals surface area contributed by atoms with Crippen LogP contribution in [0.2, 0.25) is 0 Å². The molecule has 0 saturated carbocycles. The number of aliphatic hydroxyl groups is 1. The number of nitrogens with one attached hydrogen (secondary N) is 2. The molecule has 7 heteroatoms. The average molecular weight is 306 g/mol. The van der Waals surface area contributed by atoms with Crippen molar-refractivity contribution in [3.63, 3.8) is 0 Å². The van der Waals surface area contributed by atoms with E-state index in [0.29, 0.717) is 6.54 Å². The van der Waals surface area contributed by atoms with E-state index in [0.717, 1.165) is 0 Å². The predicted octanol–water partition coefficient (Wildman–Crippen LogP) is 1.44. The summed E-state index contributed by atoms with van der Waals surface area (Å²) in [5.74, 6) is -0.496. The van der Waals surface area contributed by atoms with Gasteiger partial charge in [0, 0.05) is 30.5 Å². The molecule has 1 heterocycles. The number of rotatable bonds is 6. The Balaban J connectivity index is 1.76. The summed E-state index contributed by atoms with van der Waals surface area (Å²) in [4.78, 5) is 11.7. The van der Waals surface area contributed by atoms with Crippen LogP contribution in [-0.4, -0.2) is 33.5 Å². The summed E-state index contributed by atoms with van der Waals surface area (Å²) >= 11 is 0. The fraction of sp³-hybridized carbons (Fsp3) is 0.333. The number of urea groups is 1. The molecule has 3 N–H and O–H groups in total. The highest BCUT2D eigenvalue weighted by Gasteiger charge is 2.14. The van der Waals surface area contributed by atoms with Crippen molar-refractivity contribution in [2.75, 3.05) is 6.54 Å². The number of nitrogens with zero attached hydrogens (tertiary/aromatic N) is 2. The number of amides is 2. The van der Waals surface area contributed by atoms with Crippen molar-refractivity contribution in [2.24, 2.45) is 0 Å². The first-order valence-electron chi connectivity index (χ1n) is 7.00. The molecule has 0 fully saturated rings. The third-order valence-corrected chi connectivity index (χ3v) is 3.12. The lowest BCUT2D eigenvalue weighted by Gasteiger charge is -2.17. The normalized spacial score (nSPS) is 13.4. The molecule has 0 bridgehead atoms. The summed E-state index contributed by atoms with van der Waals surface area (Å²) in [5.41, 5.74) is 0.160. The standard InChI is InChI=1S/C15H19FN4O2/c1-11(10-20-8-4-7-18-20)19-15(22)17-9-14(21)12-5-2-3-6-13(12)16/h2-8,11,14,21H,9-10H2,1H3,(H2,17,19,22)/t11-,14-/m1/s1. The zero-order valence-electron chi connectivity index (χ0n) is 12.2. The lowest BCUT2D eigenvalue weighted by atomic mass is 10.1. The van der Waals surface area contributed by atoms with Crippen molar-refractivity contribution in [3.8, 4) is 0 Å². The molecule has 2 amide bonds. The van der Waals surface area contributed by atoms with Gasteiger partial charge in [-0.2, -0.15) is 5.10 Å². The van der Waals surface area contributed by atoms with Crippen LogP contribution in [-0.2, 0) is 6.54 Å². The van der Waals surface area contributed by atoms with Crippen molar-refractivity contribution in [1.29, 1.82) is 0 Å². The maximum Gasteiger partial charge on any atom is 0.315 e. The molecular formula is C15H19FN4O2. The molecule has 1 aromatic carbocycles. The van der Waals surface area contributed by atoms with Gasteiger partial charge >= 0.3 is 6.03 Å². The van der Waals surface area contributed by atoms with Gasteiger partial charge in [0.15, 0.2) is 0 Å². The Bertz CT molecular complexity index is 603. The van der Waals surface area contributed by atoms with Gasteiger partial charge in [0.1, 0.15) is 5.82 Å². The van der Waals surface area contributed by atoms with E-state index in [1.54, 1.807) is 35.3 Å². The quantitative estimate of drug-likeness (QED) is 0.755. The predicted molar refractivity (Wildman–Crippen MR) is 79.6 cm³/mol. The van der Waals surface area contributed by atoms with E-state index in [-0.39, 0.29) is 18.2 Å². The zero-order chi connectivity index (χ0) is 15.9. The van der Waals surface area contributed by atoms with Crippen LogP contribution in [0.15, 0.2) is 42.7 Å². The number of benzene rings is 1. The van der Waals surface area contributed by atoms with E-state index >= 15 is 0 Å². The second-order valence-electron chi connectivity index (χ2n) is 5.02. The SMILES string of the molecule is C[C@H](Cn1cccn1)NC(=O)NC[C@@H](O)c1ccccc1F. The first-order valence-corrected chi connectivity index (χ1v) is 7.00. The highest BCUT2D eigenvalue weighted by molar-refractivity contribution is 5.74. The van der Waals surface area contributed by atoms with Gasteiger partial charge in [0.2, 0.25) is 0 Å². The number of hydrogen-bond donors (Lipinski definition) is 3. The molecule has 0 spiro atoms. The maximum atomic E-state index is 13.5. The molecule has 6 nitrogen and oxygen atoms in total. The Labute approximate surface area is 128 Å². The largest absolute Gasteiger partial charge is 0.386 e. The average Bonchev–Trinajstić information content (AvgIpc) is 2.98. The fourth-order valence-corrected chi connectivity index (χ4v) is 2.05. The fourth-order valence-electron chi connectivity index (χ4n) is 2.05. The molecule has 2 aromatic rings. The van der Waals surface area contributed by atoms with Gasteiger partial charge in [-0.15, -0.1) is 0 Å². The minimum atomic E-state index is -1.09. The number of halogens is 1. The first kappa shape index (κ1) is 16.0. The molecule has 0 aliphatic carbocycles. The minimum Gasteiger partial charge on any atom is -0.386 e. The van der Waals surface area contributed by atoms with Crippen LogP contribution in [0.4, 0.5) is 9.18 Å². The topological polar surface area (TPSA) is 79.2 Å². The molecule has 2 atom stereocenters. The number of hydrogen-bond acceptors (Lipinski definition) is 3. The first-order chi connectivity index (χ1) is 10.6. The van der Waals surface area contributed by atoms with Crippen molar-refractivity contribution in [2.45, 2.75) is 25.6 Å². The second-order valence-corrected chi connectivity index (χ2v) is 5.02. The van der Waals surface area contributed by atoms with Gasteiger partial charge in [0.25, 0.3) is 0 Å². The highest BCUT2D eigenvalue weighted by Crippen LogP contribution is 2.15. The molecule has 0 unspecified atom stereocenters. The van der Waals surface area contributed by atoms with E-state index in [4.69, 9.17) is 0 Å². The van der Waals surface area contributed by atoms with Crippen LogP contribution < -0.4 is 10.6 Å². The van der Waals surface area contributed by atoms with E-state index < -0.39 is 18.0 Å². The lowest BCUT2D eigenvalue weighted by Crippen LogP contribution is -2.43. The molecule has 1 aromatic heterocycles. The molecule has 0 aliphatic heterocycles. The summed E-state index contributed by atoms with van der Waals surface area (Å²) in [5, 5.41) is 19.2. The van der Waals surface area contributed by atoms with Gasteiger partial charge < -0.3 is 15.7 Å². The van der Waals surface area contributed by atoms with E-state index in [2.05, 4.69) is 15.7 Å². The molecule has 118 valence electrons. The third kappa shape index (κ3) is 4.56. The maximum absolute atomic E-state index is 13.5. The molecular weight excluding hydrogens is 287 g/mol. The van der Waals surface area contributed by atoms with E-state index in [9.17, 15) is 14.3 Å². The number of aliphatic hydroxyl groups excluding tert-OH is 1. The molecule has 0 aliphatic rings. The van der Waals surface area contributed by atoms with Gasteiger partial charge in [-0.25, -0.2) is 9.18 Å². The van der Waals surface area contributed by atoms with Crippen LogP contribution in [0.25, 0.3) is 0 Å². The summed E-state index contributed by atoms with van der Waals surface area (Å²) in [6.45, 7) is 2.31. The summed E-state index contributed by atoms with van der Waals surface area (Å²) in [7, 11) is 0. The number of carbonyl (C=O) groups excluding carboxylic acids is 1. The Kier molecular flexibility index (Phi) is 5.48. The van der Waals surface area contributed by atoms with Gasteiger partial charge in [-0.05, 0) is 19.1 Å². The van der Waals surface area contributed by atoms with Gasteiger partial charge in [0.05, 0.1) is 12.6 Å². The van der Waals surface area contributed by atoms with Crippen LogP contribution >= 0.6 is 0 Å². The van der Waals surface area contributed by atoms with Crippen LogP contribution in [0.5, 0.6) is 0 Å². The summed E-state index contributed by atoms with van der Waals surface area (Å²) < 4.78 is 15.2. The van der Waals surface area contributed by atoms with Crippen LogP contribution in [0.1, 0.15) is 18.6 Å².